The van der Waals surface area contributed by atoms with E-state index < -0.39 is 0 Å². The summed E-state index contributed by atoms with van der Waals surface area (Å²) in [6.45, 7) is 2.32. The number of nitrogens with two attached hydrogens (primary N) is 1. The number of hydrogen-bond acceptors (Lipinski definition) is 3. The van der Waals surface area contributed by atoms with Crippen molar-refractivity contribution >= 4 is 0 Å². The van der Waals surface area contributed by atoms with Crippen LogP contribution in [0.2, 0.25) is 0 Å². The van der Waals surface area contributed by atoms with Crippen molar-refractivity contribution in [3.05, 3.63) is 35.9 Å². The Morgan fingerprint density at radius 2 is 2.08 bits per heavy atom. The fourth-order valence-electron chi connectivity index (χ4n) is 1.54. The summed E-state index contributed by atoms with van der Waals surface area (Å²) in [6, 6.07) is 10.2. The number of rotatable bonds is 1. The minimum absolute atomic E-state index is 0.139. The highest BCUT2D eigenvalue weighted by atomic mass is 16.5. The number of hydrazine groups is 1. The highest BCUT2D eigenvalue weighted by Gasteiger charge is 2.19. The molecule has 0 aliphatic carbocycles. The van der Waals surface area contributed by atoms with Gasteiger partial charge in [-0.15, -0.1) is 0 Å². The second kappa shape index (κ2) is 3.87. The van der Waals surface area contributed by atoms with E-state index in [1.807, 2.05) is 18.2 Å². The highest BCUT2D eigenvalue weighted by molar-refractivity contribution is 5.18. The van der Waals surface area contributed by atoms with Gasteiger partial charge in [0, 0.05) is 13.1 Å². The predicted molar refractivity (Wildman–Crippen MR) is 50.9 cm³/mol. The summed E-state index contributed by atoms with van der Waals surface area (Å²) in [6.07, 6.45) is 0.139. The summed E-state index contributed by atoms with van der Waals surface area (Å²) in [5, 5.41) is 1.81. The lowest BCUT2D eigenvalue weighted by Gasteiger charge is -2.29. The molecule has 1 aromatic carbocycles. The van der Waals surface area contributed by atoms with Gasteiger partial charge in [-0.3, -0.25) is 5.84 Å². The molecule has 0 radical (unpaired) electrons. The standard InChI is InChI=1S/C10H14N2O/c11-12-6-7-13-10(8-12)9-4-2-1-3-5-9/h1-5,10H,6-8,11H2/t10-/m1/s1. The van der Waals surface area contributed by atoms with Crippen LogP contribution in [0.15, 0.2) is 30.3 Å². The normalized spacial score (nSPS) is 24.5. The Labute approximate surface area is 78.1 Å². The van der Waals surface area contributed by atoms with Gasteiger partial charge in [-0.25, -0.2) is 5.01 Å². The molecular weight excluding hydrogens is 164 g/mol. The van der Waals surface area contributed by atoms with E-state index in [0.717, 1.165) is 19.7 Å². The van der Waals surface area contributed by atoms with Gasteiger partial charge in [0.25, 0.3) is 0 Å². The Hall–Kier alpha value is -0.900. The molecule has 0 aromatic heterocycles. The Kier molecular flexibility index (Phi) is 2.59. The van der Waals surface area contributed by atoms with Gasteiger partial charge in [-0.2, -0.15) is 0 Å². The van der Waals surface area contributed by atoms with Gasteiger partial charge in [0.15, 0.2) is 0 Å². The topological polar surface area (TPSA) is 38.5 Å². The Balaban J connectivity index is 2.08. The first-order chi connectivity index (χ1) is 6.36. The molecule has 0 unspecified atom stereocenters. The van der Waals surface area contributed by atoms with Crippen LogP contribution in [0, 0.1) is 0 Å². The molecule has 0 saturated carbocycles. The van der Waals surface area contributed by atoms with Crippen molar-refractivity contribution in [2.24, 2.45) is 5.84 Å². The van der Waals surface area contributed by atoms with Crippen molar-refractivity contribution in [3.8, 4) is 0 Å². The van der Waals surface area contributed by atoms with Crippen LogP contribution in [-0.2, 0) is 4.74 Å². The number of benzene rings is 1. The van der Waals surface area contributed by atoms with Crippen molar-refractivity contribution in [1.29, 1.82) is 0 Å². The summed E-state index contributed by atoms with van der Waals surface area (Å²) in [5.41, 5.74) is 1.21. The lowest BCUT2D eigenvalue weighted by atomic mass is 10.1. The molecule has 0 bridgehead atoms. The predicted octanol–water partition coefficient (Wildman–Crippen LogP) is 0.934. The summed E-state index contributed by atoms with van der Waals surface area (Å²) in [4.78, 5) is 0. The molecule has 1 atom stereocenters. The zero-order valence-corrected chi connectivity index (χ0v) is 7.52. The molecular formula is C10H14N2O. The molecule has 1 aliphatic rings. The van der Waals surface area contributed by atoms with Crippen LogP contribution >= 0.6 is 0 Å². The summed E-state index contributed by atoms with van der Waals surface area (Å²) < 4.78 is 5.61. The first-order valence-corrected chi connectivity index (χ1v) is 4.52. The SMILES string of the molecule is NN1CCO[C@@H](c2ccccc2)C1. The van der Waals surface area contributed by atoms with Crippen molar-refractivity contribution in [2.75, 3.05) is 19.7 Å². The molecule has 2 rings (SSSR count). The molecule has 1 aliphatic heterocycles. The van der Waals surface area contributed by atoms with Crippen molar-refractivity contribution < 1.29 is 4.74 Å². The van der Waals surface area contributed by atoms with Crippen LogP contribution < -0.4 is 5.84 Å². The molecule has 3 nitrogen and oxygen atoms in total. The fourth-order valence-corrected chi connectivity index (χ4v) is 1.54. The van der Waals surface area contributed by atoms with Gasteiger partial charge in [-0.05, 0) is 5.56 Å². The maximum absolute atomic E-state index is 5.72. The minimum atomic E-state index is 0.139. The van der Waals surface area contributed by atoms with Gasteiger partial charge in [0.2, 0.25) is 0 Å². The van der Waals surface area contributed by atoms with E-state index in [0.29, 0.717) is 0 Å². The highest BCUT2D eigenvalue weighted by Crippen LogP contribution is 2.19. The van der Waals surface area contributed by atoms with Crippen LogP contribution in [0.25, 0.3) is 0 Å². The lowest BCUT2D eigenvalue weighted by molar-refractivity contribution is -0.0304. The molecule has 1 heterocycles. The van der Waals surface area contributed by atoms with E-state index in [9.17, 15) is 0 Å². The zero-order chi connectivity index (χ0) is 9.10. The Morgan fingerprint density at radius 3 is 2.77 bits per heavy atom. The van der Waals surface area contributed by atoms with E-state index in [1.54, 1.807) is 5.01 Å². The van der Waals surface area contributed by atoms with Crippen molar-refractivity contribution in [2.45, 2.75) is 6.10 Å². The number of ether oxygens (including phenoxy) is 1. The van der Waals surface area contributed by atoms with Gasteiger partial charge >= 0.3 is 0 Å². The van der Waals surface area contributed by atoms with E-state index in [2.05, 4.69) is 12.1 Å². The van der Waals surface area contributed by atoms with E-state index >= 15 is 0 Å². The second-order valence-corrected chi connectivity index (χ2v) is 3.27. The van der Waals surface area contributed by atoms with E-state index in [-0.39, 0.29) is 6.10 Å². The number of nitrogens with zero attached hydrogens (tertiary/aromatic N) is 1. The molecule has 1 fully saturated rings. The number of morpholine rings is 1. The average molecular weight is 178 g/mol. The van der Waals surface area contributed by atoms with Crippen LogP contribution in [0.1, 0.15) is 11.7 Å². The molecule has 1 aromatic rings. The fraction of sp³-hybridized carbons (Fsp3) is 0.400. The maximum Gasteiger partial charge on any atom is 0.0966 e. The number of hydrogen-bond donors (Lipinski definition) is 1. The van der Waals surface area contributed by atoms with Crippen LogP contribution in [0.3, 0.4) is 0 Å². The third-order valence-corrected chi connectivity index (χ3v) is 2.27. The third-order valence-electron chi connectivity index (χ3n) is 2.27. The maximum atomic E-state index is 5.72. The van der Waals surface area contributed by atoms with Crippen molar-refractivity contribution in [1.82, 2.24) is 5.01 Å². The minimum Gasteiger partial charge on any atom is -0.371 e. The van der Waals surface area contributed by atoms with Crippen LogP contribution in [-0.4, -0.2) is 24.7 Å². The van der Waals surface area contributed by atoms with Gasteiger partial charge in [0.1, 0.15) is 0 Å². The molecule has 13 heavy (non-hydrogen) atoms. The summed E-state index contributed by atoms with van der Waals surface area (Å²) >= 11 is 0. The van der Waals surface area contributed by atoms with E-state index in [4.69, 9.17) is 10.6 Å². The quantitative estimate of drug-likeness (QED) is 0.650. The van der Waals surface area contributed by atoms with Crippen LogP contribution in [0.5, 0.6) is 0 Å². The van der Waals surface area contributed by atoms with E-state index in [1.165, 1.54) is 5.56 Å². The average Bonchev–Trinajstić information content (AvgIpc) is 2.19. The molecule has 0 amide bonds. The smallest absolute Gasteiger partial charge is 0.0966 e. The second-order valence-electron chi connectivity index (χ2n) is 3.27. The zero-order valence-electron chi connectivity index (χ0n) is 7.52. The first-order valence-electron chi connectivity index (χ1n) is 4.52. The van der Waals surface area contributed by atoms with Gasteiger partial charge < -0.3 is 4.74 Å². The molecule has 2 N–H and O–H groups in total. The molecule has 70 valence electrons. The Bertz CT molecular complexity index is 263. The van der Waals surface area contributed by atoms with Crippen molar-refractivity contribution in [3.63, 3.8) is 0 Å². The molecule has 0 spiro atoms. The molecule has 1 saturated heterocycles. The summed E-state index contributed by atoms with van der Waals surface area (Å²) in [5.74, 6) is 5.72. The third kappa shape index (κ3) is 2.06. The largest absolute Gasteiger partial charge is 0.371 e. The monoisotopic (exact) mass is 178 g/mol. The first kappa shape index (κ1) is 8.69. The Morgan fingerprint density at radius 1 is 1.31 bits per heavy atom. The van der Waals surface area contributed by atoms with Gasteiger partial charge in [-0.1, -0.05) is 30.3 Å². The van der Waals surface area contributed by atoms with Gasteiger partial charge in [0.05, 0.1) is 12.7 Å². The lowest BCUT2D eigenvalue weighted by Crippen LogP contribution is -2.42. The summed E-state index contributed by atoms with van der Waals surface area (Å²) in [7, 11) is 0. The van der Waals surface area contributed by atoms with Crippen LogP contribution in [0.4, 0.5) is 0 Å². The molecule has 3 heteroatoms.